The van der Waals surface area contributed by atoms with Crippen molar-refractivity contribution in [1.82, 2.24) is 15.1 Å². The summed E-state index contributed by atoms with van der Waals surface area (Å²) in [5, 5.41) is 8.27. The van der Waals surface area contributed by atoms with Crippen molar-refractivity contribution in [2.75, 3.05) is 6.54 Å². The lowest BCUT2D eigenvalue weighted by Crippen LogP contribution is -2.14. The highest BCUT2D eigenvalue weighted by Gasteiger charge is 2.25. The Bertz CT molecular complexity index is 567. The van der Waals surface area contributed by atoms with Gasteiger partial charge in [0.1, 0.15) is 0 Å². The molecule has 0 bridgehead atoms. The molecule has 0 aliphatic carbocycles. The minimum atomic E-state index is 0.417. The molecule has 1 unspecified atom stereocenters. The van der Waals surface area contributed by atoms with Gasteiger partial charge in [0.15, 0.2) is 0 Å². The van der Waals surface area contributed by atoms with Crippen molar-refractivity contribution in [2.24, 2.45) is 7.05 Å². The first-order chi connectivity index (χ1) is 8.66. The summed E-state index contributed by atoms with van der Waals surface area (Å²) in [4.78, 5) is 1.30. The quantitative estimate of drug-likeness (QED) is 0.913. The molecule has 0 spiro atoms. The van der Waals surface area contributed by atoms with Crippen molar-refractivity contribution < 1.29 is 0 Å². The van der Waals surface area contributed by atoms with Crippen LogP contribution < -0.4 is 5.32 Å². The molecular weight excluding hydrogens is 310 g/mol. The molecule has 5 heteroatoms. The van der Waals surface area contributed by atoms with Crippen molar-refractivity contribution in [3.05, 3.63) is 27.3 Å². The van der Waals surface area contributed by atoms with Crippen LogP contribution in [0.1, 0.15) is 30.3 Å². The van der Waals surface area contributed by atoms with Gasteiger partial charge >= 0.3 is 0 Å². The molecule has 2 aromatic rings. The minimum absolute atomic E-state index is 0.417. The van der Waals surface area contributed by atoms with E-state index >= 15 is 0 Å². The molecule has 1 N–H and O–H groups in total. The molecule has 96 valence electrons. The average Bonchev–Trinajstić information content (AvgIpc) is 3.02. The fourth-order valence-corrected chi connectivity index (χ4v) is 4.04. The lowest BCUT2D eigenvalue weighted by Gasteiger charge is -2.09. The number of thiophene rings is 1. The first-order valence-electron chi connectivity index (χ1n) is 6.19. The van der Waals surface area contributed by atoms with Crippen molar-refractivity contribution >= 4 is 27.3 Å². The van der Waals surface area contributed by atoms with E-state index in [-0.39, 0.29) is 0 Å². The average molecular weight is 326 g/mol. The van der Waals surface area contributed by atoms with Crippen LogP contribution in [0.3, 0.4) is 0 Å². The molecule has 0 radical (unpaired) electrons. The van der Waals surface area contributed by atoms with Crippen LogP contribution >= 0.6 is 27.3 Å². The maximum Gasteiger partial charge on any atom is 0.0883 e. The third kappa shape index (κ3) is 2.04. The van der Waals surface area contributed by atoms with Gasteiger partial charge in [-0.15, -0.1) is 11.3 Å². The fraction of sp³-hybridized carbons (Fsp3) is 0.462. The van der Waals surface area contributed by atoms with Gasteiger partial charge in [-0.1, -0.05) is 0 Å². The second kappa shape index (κ2) is 4.79. The predicted octanol–water partition coefficient (Wildman–Crippen LogP) is 3.64. The largest absolute Gasteiger partial charge is 0.309 e. The summed E-state index contributed by atoms with van der Waals surface area (Å²) in [5.41, 5.74) is 3.77. The van der Waals surface area contributed by atoms with Gasteiger partial charge in [-0.3, -0.25) is 4.68 Å². The van der Waals surface area contributed by atoms with E-state index < -0.39 is 0 Å². The first kappa shape index (κ1) is 12.4. The van der Waals surface area contributed by atoms with Crippen LogP contribution in [0.5, 0.6) is 0 Å². The van der Waals surface area contributed by atoms with Crippen molar-refractivity contribution in [3.8, 4) is 10.4 Å². The Labute approximate surface area is 119 Å². The zero-order chi connectivity index (χ0) is 12.7. The SMILES string of the molecule is Cc1c(-c2ccc(Br)s2)c(C2CCCN2)nn1C. The Morgan fingerprint density at radius 3 is 2.94 bits per heavy atom. The Hall–Kier alpha value is -0.650. The van der Waals surface area contributed by atoms with Crippen LogP contribution in [-0.2, 0) is 7.05 Å². The Balaban J connectivity index is 2.11. The van der Waals surface area contributed by atoms with Gasteiger partial charge in [-0.2, -0.15) is 5.10 Å². The van der Waals surface area contributed by atoms with E-state index in [1.807, 2.05) is 11.7 Å². The lowest BCUT2D eigenvalue weighted by atomic mass is 10.0. The van der Waals surface area contributed by atoms with Crippen LogP contribution in [0.2, 0.25) is 0 Å². The molecule has 3 rings (SSSR count). The van der Waals surface area contributed by atoms with E-state index in [9.17, 15) is 0 Å². The number of halogens is 1. The molecule has 1 fully saturated rings. The van der Waals surface area contributed by atoms with Gasteiger partial charge in [0.25, 0.3) is 0 Å². The lowest BCUT2D eigenvalue weighted by molar-refractivity contribution is 0.605. The standard InChI is InChI=1S/C13H16BrN3S/c1-8-12(10-5-6-11(14)18-10)13(16-17(8)2)9-4-3-7-15-9/h5-6,9,15H,3-4,7H2,1-2H3. The van der Waals surface area contributed by atoms with Crippen LogP contribution in [-0.4, -0.2) is 16.3 Å². The van der Waals surface area contributed by atoms with E-state index in [1.165, 1.54) is 38.5 Å². The summed E-state index contributed by atoms with van der Waals surface area (Å²) < 4.78 is 3.17. The summed E-state index contributed by atoms with van der Waals surface area (Å²) in [6.07, 6.45) is 2.43. The van der Waals surface area contributed by atoms with Crippen LogP contribution in [0.25, 0.3) is 10.4 Å². The number of hydrogen-bond acceptors (Lipinski definition) is 3. The van der Waals surface area contributed by atoms with Crippen molar-refractivity contribution in [2.45, 2.75) is 25.8 Å². The Kier molecular flexibility index (Phi) is 3.30. The molecular formula is C13H16BrN3S. The van der Waals surface area contributed by atoms with Crippen LogP contribution in [0.15, 0.2) is 15.9 Å². The van der Waals surface area contributed by atoms with E-state index in [1.54, 1.807) is 11.3 Å². The monoisotopic (exact) mass is 325 g/mol. The molecule has 1 saturated heterocycles. The summed E-state index contributed by atoms with van der Waals surface area (Å²) in [6.45, 7) is 3.25. The van der Waals surface area contributed by atoms with Gasteiger partial charge < -0.3 is 5.32 Å². The molecule has 0 amide bonds. The first-order valence-corrected chi connectivity index (χ1v) is 7.80. The maximum atomic E-state index is 4.72. The normalized spacial score (nSPS) is 19.6. The Morgan fingerprint density at radius 1 is 1.50 bits per heavy atom. The highest BCUT2D eigenvalue weighted by Crippen LogP contribution is 2.38. The number of nitrogens with zero attached hydrogens (tertiary/aromatic N) is 2. The maximum absolute atomic E-state index is 4.72. The number of aryl methyl sites for hydroxylation is 1. The molecule has 18 heavy (non-hydrogen) atoms. The minimum Gasteiger partial charge on any atom is -0.309 e. The summed E-state index contributed by atoms with van der Waals surface area (Å²) >= 11 is 5.32. The van der Waals surface area contributed by atoms with Crippen molar-refractivity contribution in [3.63, 3.8) is 0 Å². The molecule has 1 atom stereocenters. The number of rotatable bonds is 2. The molecule has 1 aliphatic rings. The summed E-state index contributed by atoms with van der Waals surface area (Å²) in [5.74, 6) is 0. The molecule has 0 saturated carbocycles. The van der Waals surface area contributed by atoms with Crippen LogP contribution in [0, 0.1) is 6.92 Å². The van der Waals surface area contributed by atoms with Crippen LogP contribution in [0.4, 0.5) is 0 Å². The highest BCUT2D eigenvalue weighted by atomic mass is 79.9. The fourth-order valence-electron chi connectivity index (χ4n) is 2.55. The topological polar surface area (TPSA) is 29.9 Å². The zero-order valence-electron chi connectivity index (χ0n) is 10.5. The number of hydrogen-bond donors (Lipinski definition) is 1. The number of nitrogens with one attached hydrogen (secondary N) is 1. The van der Waals surface area contributed by atoms with Gasteiger partial charge in [0, 0.05) is 23.2 Å². The van der Waals surface area contributed by atoms with E-state index in [2.05, 4.69) is 40.3 Å². The predicted molar refractivity (Wildman–Crippen MR) is 78.9 cm³/mol. The van der Waals surface area contributed by atoms with Crippen molar-refractivity contribution in [1.29, 1.82) is 0 Å². The van der Waals surface area contributed by atoms with Gasteiger partial charge in [0.05, 0.1) is 15.5 Å². The Morgan fingerprint density at radius 2 is 2.33 bits per heavy atom. The molecule has 3 nitrogen and oxygen atoms in total. The molecule has 2 aromatic heterocycles. The summed E-state index contributed by atoms with van der Waals surface area (Å²) in [7, 11) is 2.03. The van der Waals surface area contributed by atoms with Gasteiger partial charge in [0.2, 0.25) is 0 Å². The van der Waals surface area contributed by atoms with E-state index in [0.29, 0.717) is 6.04 Å². The third-order valence-electron chi connectivity index (χ3n) is 3.57. The van der Waals surface area contributed by atoms with E-state index in [0.717, 1.165) is 6.54 Å². The highest BCUT2D eigenvalue weighted by molar-refractivity contribution is 9.11. The van der Waals surface area contributed by atoms with E-state index in [4.69, 9.17) is 5.10 Å². The molecule has 1 aliphatic heterocycles. The van der Waals surface area contributed by atoms with Gasteiger partial charge in [-0.05, 0) is 54.4 Å². The zero-order valence-corrected chi connectivity index (χ0v) is 12.9. The van der Waals surface area contributed by atoms with Gasteiger partial charge in [-0.25, -0.2) is 0 Å². The molecule has 3 heterocycles. The summed E-state index contributed by atoms with van der Waals surface area (Å²) in [6, 6.07) is 4.70. The number of aromatic nitrogens is 2. The second-order valence-corrected chi connectivity index (χ2v) is 7.18. The second-order valence-electron chi connectivity index (χ2n) is 4.72. The molecule has 0 aromatic carbocycles. The third-order valence-corrected chi connectivity index (χ3v) is 5.21. The smallest absolute Gasteiger partial charge is 0.0883 e.